The minimum absolute atomic E-state index is 0.345. The number of rotatable bonds is 5. The average Bonchev–Trinajstić information content (AvgIpc) is 2.18. The molecule has 1 aromatic rings. The van der Waals surface area contributed by atoms with Gasteiger partial charge in [0, 0.05) is 6.54 Å². The lowest BCUT2D eigenvalue weighted by atomic mass is 10.2. The summed E-state index contributed by atoms with van der Waals surface area (Å²) in [5.41, 5.74) is 0.694. The van der Waals surface area contributed by atoms with E-state index in [1.165, 1.54) is 12.1 Å². The summed E-state index contributed by atoms with van der Waals surface area (Å²) in [6.45, 7) is 2.83. The molecule has 1 rings (SSSR count). The van der Waals surface area contributed by atoms with Crippen LogP contribution in [0.15, 0.2) is 18.2 Å². The van der Waals surface area contributed by atoms with Gasteiger partial charge in [-0.15, -0.1) is 0 Å². The van der Waals surface area contributed by atoms with E-state index in [4.69, 9.17) is 5.11 Å². The van der Waals surface area contributed by atoms with E-state index in [-0.39, 0.29) is 6.10 Å². The largest absolute Gasteiger partial charge is 0.393 e. The molecule has 1 atom stereocenters. The van der Waals surface area contributed by atoms with Crippen molar-refractivity contribution in [3.8, 4) is 0 Å². The Labute approximate surface area is 87.9 Å². The Balaban J connectivity index is 2.35. The third-order valence-electron chi connectivity index (χ3n) is 2.05. The van der Waals surface area contributed by atoms with Crippen molar-refractivity contribution < 1.29 is 13.9 Å². The first-order valence-corrected chi connectivity index (χ1v) is 4.92. The molecule has 84 valence electrons. The van der Waals surface area contributed by atoms with Crippen molar-refractivity contribution in [1.29, 1.82) is 0 Å². The highest BCUT2D eigenvalue weighted by Crippen LogP contribution is 2.08. The molecule has 1 aromatic carbocycles. The standard InChI is InChI=1S/C11H15F2NO/c1-8(15)4-5-14-7-9-2-3-10(12)11(13)6-9/h2-3,6,8,14-15H,4-5,7H2,1H3. The van der Waals surface area contributed by atoms with Crippen molar-refractivity contribution in [1.82, 2.24) is 5.32 Å². The lowest BCUT2D eigenvalue weighted by molar-refractivity contribution is 0.183. The zero-order valence-electron chi connectivity index (χ0n) is 8.63. The fourth-order valence-electron chi connectivity index (χ4n) is 1.19. The first-order valence-electron chi connectivity index (χ1n) is 4.92. The summed E-state index contributed by atoms with van der Waals surface area (Å²) < 4.78 is 25.3. The molecular formula is C11H15F2NO. The second-order valence-corrected chi connectivity index (χ2v) is 3.56. The quantitative estimate of drug-likeness (QED) is 0.734. The normalized spacial score (nSPS) is 12.8. The molecule has 0 spiro atoms. The van der Waals surface area contributed by atoms with Crippen LogP contribution in [0.2, 0.25) is 0 Å². The van der Waals surface area contributed by atoms with Gasteiger partial charge in [0.25, 0.3) is 0 Å². The van der Waals surface area contributed by atoms with Gasteiger partial charge in [-0.25, -0.2) is 8.78 Å². The Morgan fingerprint density at radius 3 is 2.67 bits per heavy atom. The van der Waals surface area contributed by atoms with E-state index in [1.54, 1.807) is 6.92 Å². The fourth-order valence-corrected chi connectivity index (χ4v) is 1.19. The number of halogens is 2. The van der Waals surface area contributed by atoms with E-state index >= 15 is 0 Å². The Bertz CT molecular complexity index is 315. The minimum atomic E-state index is -0.831. The van der Waals surface area contributed by atoms with E-state index < -0.39 is 11.6 Å². The molecular weight excluding hydrogens is 200 g/mol. The lowest BCUT2D eigenvalue weighted by Gasteiger charge is -2.06. The molecule has 4 heteroatoms. The van der Waals surface area contributed by atoms with Crippen LogP contribution in [0.5, 0.6) is 0 Å². The van der Waals surface area contributed by atoms with Gasteiger partial charge < -0.3 is 10.4 Å². The molecule has 15 heavy (non-hydrogen) atoms. The third kappa shape index (κ3) is 4.36. The van der Waals surface area contributed by atoms with Crippen LogP contribution < -0.4 is 5.32 Å². The summed E-state index contributed by atoms with van der Waals surface area (Å²) in [6, 6.07) is 3.82. The summed E-state index contributed by atoms with van der Waals surface area (Å²) in [5.74, 6) is -1.66. The van der Waals surface area contributed by atoms with Crippen LogP contribution in [0.4, 0.5) is 8.78 Å². The third-order valence-corrected chi connectivity index (χ3v) is 2.05. The molecule has 0 heterocycles. The van der Waals surface area contributed by atoms with Crippen molar-refractivity contribution in [2.45, 2.75) is 26.0 Å². The van der Waals surface area contributed by atoms with Crippen LogP contribution in [-0.4, -0.2) is 17.8 Å². The van der Waals surface area contributed by atoms with Gasteiger partial charge in [-0.1, -0.05) is 6.07 Å². The second-order valence-electron chi connectivity index (χ2n) is 3.56. The monoisotopic (exact) mass is 215 g/mol. The van der Waals surface area contributed by atoms with Crippen molar-refractivity contribution in [2.75, 3.05) is 6.54 Å². The van der Waals surface area contributed by atoms with Gasteiger partial charge in [-0.3, -0.25) is 0 Å². The summed E-state index contributed by atoms with van der Waals surface area (Å²) in [6.07, 6.45) is 0.298. The Kier molecular flexibility index (Phi) is 4.65. The molecule has 2 N–H and O–H groups in total. The Morgan fingerprint density at radius 1 is 1.33 bits per heavy atom. The fraction of sp³-hybridized carbons (Fsp3) is 0.455. The van der Waals surface area contributed by atoms with Gasteiger partial charge in [0.1, 0.15) is 0 Å². The second kappa shape index (κ2) is 5.78. The van der Waals surface area contributed by atoms with E-state index in [0.717, 1.165) is 6.07 Å². The van der Waals surface area contributed by atoms with Crippen LogP contribution >= 0.6 is 0 Å². The zero-order valence-corrected chi connectivity index (χ0v) is 8.63. The SMILES string of the molecule is CC(O)CCNCc1ccc(F)c(F)c1. The van der Waals surface area contributed by atoms with E-state index in [1.807, 2.05) is 0 Å². The first kappa shape index (κ1) is 12.1. The maximum absolute atomic E-state index is 12.8. The predicted molar refractivity (Wildman–Crippen MR) is 54.4 cm³/mol. The number of hydrogen-bond donors (Lipinski definition) is 2. The topological polar surface area (TPSA) is 32.3 Å². The molecule has 2 nitrogen and oxygen atoms in total. The van der Waals surface area contributed by atoms with Crippen molar-refractivity contribution in [2.24, 2.45) is 0 Å². The summed E-state index contributed by atoms with van der Waals surface area (Å²) in [7, 11) is 0. The molecule has 0 amide bonds. The Hall–Kier alpha value is -1.00. The van der Waals surface area contributed by atoms with Gasteiger partial charge >= 0.3 is 0 Å². The maximum Gasteiger partial charge on any atom is 0.159 e. The van der Waals surface area contributed by atoms with E-state index in [9.17, 15) is 8.78 Å². The van der Waals surface area contributed by atoms with Crippen molar-refractivity contribution in [3.63, 3.8) is 0 Å². The highest BCUT2D eigenvalue weighted by molar-refractivity contribution is 5.17. The molecule has 0 aliphatic carbocycles. The van der Waals surface area contributed by atoms with Crippen molar-refractivity contribution in [3.05, 3.63) is 35.4 Å². The number of hydrogen-bond acceptors (Lipinski definition) is 2. The van der Waals surface area contributed by atoms with Gasteiger partial charge in [0.15, 0.2) is 11.6 Å². The molecule has 0 aromatic heterocycles. The van der Waals surface area contributed by atoms with Crippen molar-refractivity contribution >= 4 is 0 Å². The molecule has 0 saturated heterocycles. The Morgan fingerprint density at radius 2 is 2.07 bits per heavy atom. The maximum atomic E-state index is 12.8. The van der Waals surface area contributed by atoms with Crippen LogP contribution in [0.1, 0.15) is 18.9 Å². The summed E-state index contributed by atoms with van der Waals surface area (Å²) in [5, 5.41) is 12.0. The number of aliphatic hydroxyl groups is 1. The zero-order chi connectivity index (χ0) is 11.3. The van der Waals surface area contributed by atoms with Crippen LogP contribution in [0.3, 0.4) is 0 Å². The molecule has 1 unspecified atom stereocenters. The molecule has 0 bridgehead atoms. The average molecular weight is 215 g/mol. The smallest absolute Gasteiger partial charge is 0.159 e. The highest BCUT2D eigenvalue weighted by atomic mass is 19.2. The van der Waals surface area contributed by atoms with Crippen LogP contribution in [0.25, 0.3) is 0 Å². The molecule has 0 saturated carbocycles. The molecule has 0 radical (unpaired) electrons. The van der Waals surface area contributed by atoms with Gasteiger partial charge in [-0.2, -0.15) is 0 Å². The van der Waals surface area contributed by atoms with Crippen LogP contribution in [-0.2, 0) is 6.54 Å². The summed E-state index contributed by atoms with van der Waals surface area (Å²) >= 11 is 0. The number of benzene rings is 1. The minimum Gasteiger partial charge on any atom is -0.393 e. The number of aliphatic hydroxyl groups excluding tert-OH is 1. The van der Waals surface area contributed by atoms with E-state index in [2.05, 4.69) is 5.32 Å². The lowest BCUT2D eigenvalue weighted by Crippen LogP contribution is -2.18. The summed E-state index contributed by atoms with van der Waals surface area (Å²) in [4.78, 5) is 0. The predicted octanol–water partition coefficient (Wildman–Crippen LogP) is 1.83. The highest BCUT2D eigenvalue weighted by Gasteiger charge is 2.02. The van der Waals surface area contributed by atoms with Gasteiger partial charge in [0.05, 0.1) is 6.10 Å². The van der Waals surface area contributed by atoms with E-state index in [0.29, 0.717) is 25.1 Å². The molecule has 0 fully saturated rings. The number of nitrogens with one attached hydrogen (secondary N) is 1. The van der Waals surface area contributed by atoms with Gasteiger partial charge in [0.2, 0.25) is 0 Å². The van der Waals surface area contributed by atoms with Crippen LogP contribution in [0, 0.1) is 11.6 Å². The molecule has 0 aliphatic heterocycles. The van der Waals surface area contributed by atoms with Gasteiger partial charge in [-0.05, 0) is 37.6 Å². The molecule has 0 aliphatic rings. The first-order chi connectivity index (χ1) is 7.09.